The minimum absolute atomic E-state index is 0. The van der Waals surface area contributed by atoms with Gasteiger partial charge in [0.25, 0.3) is 5.91 Å². The average molecular weight is 416 g/mol. The van der Waals surface area contributed by atoms with Gasteiger partial charge < -0.3 is 10.6 Å². The first kappa shape index (κ1) is 20.9. The molecule has 0 radical (unpaired) electrons. The van der Waals surface area contributed by atoms with Gasteiger partial charge in [0.2, 0.25) is 10.0 Å². The van der Waals surface area contributed by atoms with Gasteiger partial charge in [0, 0.05) is 39.1 Å². The molecule has 2 heterocycles. The summed E-state index contributed by atoms with van der Waals surface area (Å²) in [5, 5.41) is 1.63. The third-order valence-corrected chi connectivity index (χ3v) is 7.35. The Bertz CT molecular complexity index is 868. The molecular weight excluding hydrogens is 394 g/mol. The first-order chi connectivity index (χ1) is 11.8. The van der Waals surface area contributed by atoms with Crippen LogP contribution < -0.4 is 5.73 Å². The summed E-state index contributed by atoms with van der Waals surface area (Å²) < 4.78 is 26.0. The van der Waals surface area contributed by atoms with Crippen LogP contribution in [-0.2, 0) is 10.0 Å². The number of hydrogen-bond donors (Lipinski definition) is 1. The molecule has 2 N–H and O–H groups in total. The molecule has 1 aliphatic rings. The minimum atomic E-state index is -3.65. The SMILES string of the molecule is CN(C)S(=O)(=O)c1ccsc1C(=O)N1C[C@@H](N)[C@H](c2ccccc2)C1.Cl. The predicted octanol–water partition coefficient (Wildman–Crippen LogP) is 1.99. The van der Waals surface area contributed by atoms with Crippen LogP contribution in [0.25, 0.3) is 0 Å². The maximum absolute atomic E-state index is 12.9. The predicted molar refractivity (Wildman–Crippen MR) is 106 cm³/mol. The van der Waals surface area contributed by atoms with E-state index in [0.29, 0.717) is 13.1 Å². The highest BCUT2D eigenvalue weighted by atomic mass is 35.5. The molecule has 0 saturated carbocycles. The van der Waals surface area contributed by atoms with Crippen LogP contribution in [0.4, 0.5) is 0 Å². The zero-order valence-electron chi connectivity index (χ0n) is 14.5. The molecule has 6 nitrogen and oxygen atoms in total. The van der Waals surface area contributed by atoms with Gasteiger partial charge in [0.15, 0.2) is 0 Å². The van der Waals surface area contributed by atoms with E-state index >= 15 is 0 Å². The maximum Gasteiger partial charge on any atom is 0.265 e. The third kappa shape index (κ3) is 3.79. The van der Waals surface area contributed by atoms with E-state index in [1.54, 1.807) is 10.3 Å². The van der Waals surface area contributed by atoms with E-state index in [4.69, 9.17) is 5.73 Å². The number of hydrogen-bond acceptors (Lipinski definition) is 5. The number of nitrogens with two attached hydrogens (primary N) is 1. The quantitative estimate of drug-likeness (QED) is 0.827. The van der Waals surface area contributed by atoms with Crippen molar-refractivity contribution >= 4 is 39.7 Å². The second-order valence-electron chi connectivity index (χ2n) is 6.29. The van der Waals surface area contributed by atoms with Crippen molar-refractivity contribution in [1.82, 2.24) is 9.21 Å². The molecule has 9 heteroatoms. The van der Waals surface area contributed by atoms with Crippen LogP contribution in [0.5, 0.6) is 0 Å². The number of halogens is 1. The Morgan fingerprint density at radius 1 is 1.19 bits per heavy atom. The van der Waals surface area contributed by atoms with Gasteiger partial charge in [-0.15, -0.1) is 23.7 Å². The first-order valence-corrected chi connectivity index (χ1v) is 10.2. The fourth-order valence-electron chi connectivity index (χ4n) is 3.04. The Hall–Kier alpha value is -1.45. The van der Waals surface area contributed by atoms with Gasteiger partial charge in [-0.3, -0.25) is 4.79 Å². The molecule has 3 rings (SSSR count). The van der Waals surface area contributed by atoms with E-state index in [2.05, 4.69) is 0 Å². The average Bonchev–Trinajstić information content (AvgIpc) is 3.22. The molecule has 26 heavy (non-hydrogen) atoms. The number of thiophene rings is 1. The van der Waals surface area contributed by atoms with Gasteiger partial charge in [-0.25, -0.2) is 12.7 Å². The monoisotopic (exact) mass is 415 g/mol. The number of nitrogens with zero attached hydrogens (tertiary/aromatic N) is 2. The molecule has 1 aliphatic heterocycles. The van der Waals surface area contributed by atoms with Crippen molar-refractivity contribution in [2.24, 2.45) is 5.73 Å². The smallest absolute Gasteiger partial charge is 0.265 e. The lowest BCUT2D eigenvalue weighted by atomic mass is 9.95. The van der Waals surface area contributed by atoms with Crippen molar-refractivity contribution in [3.63, 3.8) is 0 Å². The highest BCUT2D eigenvalue weighted by molar-refractivity contribution is 7.89. The van der Waals surface area contributed by atoms with Gasteiger partial charge in [-0.1, -0.05) is 30.3 Å². The Morgan fingerprint density at radius 2 is 1.85 bits per heavy atom. The maximum atomic E-state index is 12.9. The highest BCUT2D eigenvalue weighted by Gasteiger charge is 2.36. The molecule has 1 saturated heterocycles. The Balaban J connectivity index is 0.00000243. The third-order valence-electron chi connectivity index (χ3n) is 4.46. The number of carbonyl (C=O) groups is 1. The molecule has 0 bridgehead atoms. The highest BCUT2D eigenvalue weighted by Crippen LogP contribution is 2.31. The first-order valence-electron chi connectivity index (χ1n) is 7.92. The van der Waals surface area contributed by atoms with Crippen molar-refractivity contribution in [3.05, 3.63) is 52.2 Å². The topological polar surface area (TPSA) is 83.7 Å². The van der Waals surface area contributed by atoms with Gasteiger partial charge in [-0.2, -0.15) is 0 Å². The Labute approximate surface area is 164 Å². The Kier molecular flexibility index (Phi) is 6.46. The van der Waals surface area contributed by atoms with Crippen molar-refractivity contribution in [1.29, 1.82) is 0 Å². The number of benzene rings is 1. The molecule has 2 atom stereocenters. The number of sulfonamides is 1. The molecule has 0 unspecified atom stereocenters. The van der Waals surface area contributed by atoms with Gasteiger partial charge >= 0.3 is 0 Å². The molecule has 1 amide bonds. The zero-order chi connectivity index (χ0) is 18.2. The van der Waals surface area contributed by atoms with Crippen LogP contribution in [0.3, 0.4) is 0 Å². The summed E-state index contributed by atoms with van der Waals surface area (Å²) in [6.07, 6.45) is 0. The minimum Gasteiger partial charge on any atom is -0.336 e. The van der Waals surface area contributed by atoms with Crippen LogP contribution in [0.1, 0.15) is 21.2 Å². The number of amides is 1. The summed E-state index contributed by atoms with van der Waals surface area (Å²) in [5.41, 5.74) is 7.34. The molecule has 1 fully saturated rings. The van der Waals surface area contributed by atoms with Crippen LogP contribution in [-0.4, -0.2) is 56.8 Å². The van der Waals surface area contributed by atoms with E-state index in [1.165, 1.54) is 20.2 Å². The normalized spacial score (nSPS) is 20.2. The summed E-state index contributed by atoms with van der Waals surface area (Å²) in [7, 11) is -0.739. The standard InChI is InChI=1S/C17H21N3O3S2.ClH/c1-19(2)25(22,23)15-8-9-24-16(15)17(21)20-10-13(14(18)11-20)12-6-4-3-5-7-12;/h3-9,13-14H,10-11,18H2,1-2H3;1H/t13-,14+;/m0./s1. The largest absolute Gasteiger partial charge is 0.336 e. The van der Waals surface area contributed by atoms with Crippen LogP contribution in [0, 0.1) is 0 Å². The van der Waals surface area contributed by atoms with E-state index < -0.39 is 10.0 Å². The fourth-order valence-corrected chi connectivity index (χ4v) is 5.30. The van der Waals surface area contributed by atoms with E-state index in [1.807, 2.05) is 30.3 Å². The van der Waals surface area contributed by atoms with E-state index in [0.717, 1.165) is 21.2 Å². The molecule has 1 aromatic carbocycles. The number of carbonyl (C=O) groups excluding carboxylic acids is 1. The van der Waals surface area contributed by atoms with Gasteiger partial charge in [0.1, 0.15) is 9.77 Å². The second-order valence-corrected chi connectivity index (χ2v) is 9.33. The Morgan fingerprint density at radius 3 is 2.46 bits per heavy atom. The second kappa shape index (κ2) is 8.06. The molecule has 142 valence electrons. The van der Waals surface area contributed by atoms with Crippen molar-refractivity contribution in [2.45, 2.75) is 16.9 Å². The lowest BCUT2D eigenvalue weighted by Gasteiger charge is -2.17. The molecule has 0 aliphatic carbocycles. The molecular formula is C17H22ClN3O3S2. The summed E-state index contributed by atoms with van der Waals surface area (Å²) in [6, 6.07) is 11.2. The van der Waals surface area contributed by atoms with Crippen molar-refractivity contribution in [3.8, 4) is 0 Å². The number of likely N-dealkylation sites (tertiary alicyclic amines) is 1. The zero-order valence-corrected chi connectivity index (χ0v) is 17.0. The lowest BCUT2D eigenvalue weighted by Crippen LogP contribution is -2.33. The van der Waals surface area contributed by atoms with Crippen LogP contribution in [0.2, 0.25) is 0 Å². The van der Waals surface area contributed by atoms with E-state index in [-0.39, 0.29) is 40.0 Å². The van der Waals surface area contributed by atoms with Gasteiger partial charge in [-0.05, 0) is 17.0 Å². The van der Waals surface area contributed by atoms with Crippen molar-refractivity contribution in [2.75, 3.05) is 27.2 Å². The molecule has 1 aromatic heterocycles. The molecule has 0 spiro atoms. The summed E-state index contributed by atoms with van der Waals surface area (Å²) in [6.45, 7) is 0.904. The summed E-state index contributed by atoms with van der Waals surface area (Å²) in [5.74, 6) is -0.219. The van der Waals surface area contributed by atoms with Crippen LogP contribution >= 0.6 is 23.7 Å². The van der Waals surface area contributed by atoms with Crippen LogP contribution in [0.15, 0.2) is 46.7 Å². The summed E-state index contributed by atoms with van der Waals surface area (Å²) >= 11 is 1.15. The fraction of sp³-hybridized carbons (Fsp3) is 0.353. The van der Waals surface area contributed by atoms with Crippen molar-refractivity contribution < 1.29 is 13.2 Å². The van der Waals surface area contributed by atoms with E-state index in [9.17, 15) is 13.2 Å². The lowest BCUT2D eigenvalue weighted by molar-refractivity contribution is 0.0790. The molecule has 2 aromatic rings. The summed E-state index contributed by atoms with van der Waals surface area (Å²) in [4.78, 5) is 14.9. The van der Waals surface area contributed by atoms with Gasteiger partial charge in [0.05, 0.1) is 0 Å². The number of rotatable bonds is 4.